The predicted octanol–water partition coefficient (Wildman–Crippen LogP) is 3.87. The summed E-state index contributed by atoms with van der Waals surface area (Å²) in [7, 11) is -1.33. The highest BCUT2D eigenvalue weighted by Crippen LogP contribution is 2.28. The Morgan fingerprint density at radius 3 is 2.19 bits per heavy atom. The minimum absolute atomic E-state index is 0.378. The molecule has 27 heavy (non-hydrogen) atoms. The molecule has 0 spiro atoms. The van der Waals surface area contributed by atoms with Crippen molar-refractivity contribution in [2.45, 2.75) is 32.6 Å². The predicted molar refractivity (Wildman–Crippen MR) is 111 cm³/mol. The number of ether oxygens (including phenoxy) is 2. The van der Waals surface area contributed by atoms with Crippen molar-refractivity contribution in [1.29, 1.82) is 0 Å². The molecule has 2 aromatic rings. The number of hydrogen-bond donors (Lipinski definition) is 1. The van der Waals surface area contributed by atoms with Crippen LogP contribution in [0.15, 0.2) is 61.2 Å². The van der Waals surface area contributed by atoms with Gasteiger partial charge in [0, 0.05) is 16.7 Å². The minimum Gasteiger partial charge on any atom is -0.494 e. The van der Waals surface area contributed by atoms with E-state index in [1.807, 2.05) is 36.4 Å². The Kier molecular flexibility index (Phi) is 9.03. The molecule has 0 bridgehead atoms. The summed E-state index contributed by atoms with van der Waals surface area (Å²) in [5.41, 5.74) is 1.27. The molecule has 0 radical (unpaired) electrons. The Balaban J connectivity index is 1.72. The van der Waals surface area contributed by atoms with Gasteiger partial charge in [-0.05, 0) is 55.5 Å². The maximum atomic E-state index is 10.9. The number of benzene rings is 2. The standard InChI is InChI=1S/C22H27O4P/c1-3-18-8-12-20(13-9-18)27(24)21-14-10-19(11-15-21)25-16-6-5-7-17-26-22(23)4-2/h4,8-15,24H,2-3,5-7,16-17H2,1H3. The van der Waals surface area contributed by atoms with E-state index < -0.39 is 8.15 Å². The third-order valence-corrected chi connectivity index (χ3v) is 5.71. The van der Waals surface area contributed by atoms with Crippen LogP contribution in [0.25, 0.3) is 0 Å². The van der Waals surface area contributed by atoms with E-state index in [9.17, 15) is 9.69 Å². The number of unbranched alkanes of at least 4 members (excludes halogenated alkanes) is 2. The molecule has 0 fully saturated rings. The van der Waals surface area contributed by atoms with Crippen LogP contribution < -0.4 is 15.3 Å². The van der Waals surface area contributed by atoms with Gasteiger partial charge in [-0.3, -0.25) is 0 Å². The fourth-order valence-electron chi connectivity index (χ4n) is 2.51. The Bertz CT molecular complexity index is 710. The molecule has 0 aromatic heterocycles. The first-order valence-electron chi connectivity index (χ1n) is 9.24. The molecule has 0 aliphatic rings. The summed E-state index contributed by atoms with van der Waals surface area (Å²) in [4.78, 5) is 21.5. The van der Waals surface area contributed by atoms with E-state index >= 15 is 0 Å². The molecule has 5 heteroatoms. The van der Waals surface area contributed by atoms with Gasteiger partial charge in [-0.15, -0.1) is 0 Å². The lowest BCUT2D eigenvalue weighted by Crippen LogP contribution is -2.11. The van der Waals surface area contributed by atoms with E-state index in [1.165, 1.54) is 11.6 Å². The first-order valence-corrected chi connectivity index (χ1v) is 10.5. The third kappa shape index (κ3) is 7.16. The summed E-state index contributed by atoms with van der Waals surface area (Å²) < 4.78 is 10.6. The molecule has 1 atom stereocenters. The SMILES string of the molecule is C=CC(=O)OCCCCCOc1ccc(P(O)c2ccc(CC)cc2)cc1. The normalized spacial score (nSPS) is 11.6. The second-order valence-electron chi connectivity index (χ2n) is 6.11. The summed E-state index contributed by atoms with van der Waals surface area (Å²) in [5.74, 6) is 0.415. The lowest BCUT2D eigenvalue weighted by atomic mass is 10.2. The highest BCUT2D eigenvalue weighted by molar-refractivity contribution is 7.67. The number of hydrogen-bond acceptors (Lipinski definition) is 4. The highest BCUT2D eigenvalue weighted by Gasteiger charge is 2.10. The van der Waals surface area contributed by atoms with Gasteiger partial charge in [-0.2, -0.15) is 0 Å². The number of aryl methyl sites for hydroxylation is 1. The van der Waals surface area contributed by atoms with Crippen LogP contribution >= 0.6 is 8.15 Å². The molecule has 1 unspecified atom stereocenters. The molecular weight excluding hydrogens is 359 g/mol. The molecule has 0 heterocycles. The molecule has 0 amide bonds. The summed E-state index contributed by atoms with van der Waals surface area (Å²) in [5, 5.41) is 1.86. The van der Waals surface area contributed by atoms with Gasteiger partial charge < -0.3 is 14.4 Å². The Labute approximate surface area is 162 Å². The van der Waals surface area contributed by atoms with Gasteiger partial charge >= 0.3 is 5.97 Å². The van der Waals surface area contributed by atoms with Crippen LogP contribution in [-0.2, 0) is 16.0 Å². The Morgan fingerprint density at radius 1 is 1.00 bits per heavy atom. The van der Waals surface area contributed by atoms with Crippen LogP contribution in [0.1, 0.15) is 31.7 Å². The van der Waals surface area contributed by atoms with Gasteiger partial charge in [0.25, 0.3) is 0 Å². The zero-order valence-corrected chi connectivity index (χ0v) is 16.7. The van der Waals surface area contributed by atoms with Crippen LogP contribution in [0.2, 0.25) is 0 Å². The van der Waals surface area contributed by atoms with Crippen molar-refractivity contribution in [1.82, 2.24) is 0 Å². The maximum Gasteiger partial charge on any atom is 0.330 e. The van der Waals surface area contributed by atoms with Crippen molar-refractivity contribution in [2.24, 2.45) is 0 Å². The van der Waals surface area contributed by atoms with Crippen molar-refractivity contribution >= 4 is 24.7 Å². The first-order chi connectivity index (χ1) is 13.1. The van der Waals surface area contributed by atoms with E-state index in [2.05, 4.69) is 25.6 Å². The van der Waals surface area contributed by atoms with Gasteiger partial charge in [-0.1, -0.05) is 37.8 Å². The number of rotatable bonds is 11. The monoisotopic (exact) mass is 386 g/mol. The average Bonchev–Trinajstić information content (AvgIpc) is 2.72. The van der Waals surface area contributed by atoms with Gasteiger partial charge in [0.2, 0.25) is 0 Å². The molecule has 0 aliphatic heterocycles. The van der Waals surface area contributed by atoms with Gasteiger partial charge in [-0.25, -0.2) is 4.79 Å². The Hall–Kier alpha value is -2.16. The van der Waals surface area contributed by atoms with Gasteiger partial charge in [0.15, 0.2) is 0 Å². The Morgan fingerprint density at radius 2 is 1.59 bits per heavy atom. The smallest absolute Gasteiger partial charge is 0.330 e. The molecular formula is C22H27O4P. The molecule has 4 nitrogen and oxygen atoms in total. The summed E-state index contributed by atoms with van der Waals surface area (Å²) in [6, 6.07) is 15.8. The van der Waals surface area contributed by atoms with Crippen molar-refractivity contribution in [3.05, 3.63) is 66.7 Å². The maximum absolute atomic E-state index is 10.9. The summed E-state index contributed by atoms with van der Waals surface area (Å²) in [6.07, 6.45) is 4.80. The third-order valence-electron chi connectivity index (χ3n) is 4.14. The highest BCUT2D eigenvalue weighted by atomic mass is 31.1. The molecule has 2 aromatic carbocycles. The lowest BCUT2D eigenvalue weighted by Gasteiger charge is -2.13. The second kappa shape index (κ2) is 11.5. The van der Waals surface area contributed by atoms with Crippen LogP contribution in [0.4, 0.5) is 0 Å². The minimum atomic E-state index is -1.33. The van der Waals surface area contributed by atoms with Crippen LogP contribution in [0.5, 0.6) is 5.75 Å². The van der Waals surface area contributed by atoms with Gasteiger partial charge in [0.05, 0.1) is 21.4 Å². The van der Waals surface area contributed by atoms with Crippen molar-refractivity contribution in [2.75, 3.05) is 13.2 Å². The average molecular weight is 386 g/mol. The molecule has 144 valence electrons. The van der Waals surface area contributed by atoms with Crippen molar-refractivity contribution in [3.63, 3.8) is 0 Å². The molecule has 2 rings (SSSR count). The first kappa shape index (κ1) is 21.1. The van der Waals surface area contributed by atoms with Crippen LogP contribution in [0, 0.1) is 0 Å². The quantitative estimate of drug-likeness (QED) is 0.276. The number of carbonyl (C=O) groups is 1. The lowest BCUT2D eigenvalue weighted by molar-refractivity contribution is -0.137. The van der Waals surface area contributed by atoms with E-state index in [4.69, 9.17) is 9.47 Å². The summed E-state index contributed by atoms with van der Waals surface area (Å²) in [6.45, 7) is 6.50. The van der Waals surface area contributed by atoms with Gasteiger partial charge in [0.1, 0.15) is 5.75 Å². The zero-order valence-electron chi connectivity index (χ0n) is 15.8. The van der Waals surface area contributed by atoms with Crippen LogP contribution in [-0.4, -0.2) is 24.1 Å². The molecule has 1 N–H and O–H groups in total. The fourth-order valence-corrected chi connectivity index (χ4v) is 3.67. The van der Waals surface area contributed by atoms with E-state index in [0.717, 1.165) is 42.0 Å². The van der Waals surface area contributed by atoms with Crippen molar-refractivity contribution < 1.29 is 19.2 Å². The topological polar surface area (TPSA) is 55.8 Å². The van der Waals surface area contributed by atoms with Crippen LogP contribution in [0.3, 0.4) is 0 Å². The van der Waals surface area contributed by atoms with Crippen molar-refractivity contribution in [3.8, 4) is 5.75 Å². The molecule has 0 saturated carbocycles. The fraction of sp³-hybridized carbons (Fsp3) is 0.318. The second-order valence-corrected chi connectivity index (χ2v) is 7.76. The van der Waals surface area contributed by atoms with E-state index in [0.29, 0.717) is 13.2 Å². The summed E-state index contributed by atoms with van der Waals surface area (Å²) >= 11 is 0. The number of carbonyl (C=O) groups excluding carboxylic acids is 1. The molecule has 0 aliphatic carbocycles. The largest absolute Gasteiger partial charge is 0.494 e. The van der Waals surface area contributed by atoms with E-state index in [1.54, 1.807) is 0 Å². The zero-order chi connectivity index (χ0) is 19.5. The molecule has 0 saturated heterocycles. The number of esters is 1. The van der Waals surface area contributed by atoms with E-state index in [-0.39, 0.29) is 5.97 Å².